The Morgan fingerprint density at radius 3 is 2.86 bits per heavy atom. The fourth-order valence-electron chi connectivity index (χ4n) is 3.21. The molecule has 1 aromatic heterocycles. The van der Waals surface area contributed by atoms with E-state index in [1.54, 1.807) is 0 Å². The van der Waals surface area contributed by atoms with E-state index in [1.807, 2.05) is 6.07 Å². The molecule has 0 radical (unpaired) electrons. The van der Waals surface area contributed by atoms with Crippen LogP contribution in [0.5, 0.6) is 0 Å². The molecule has 0 saturated heterocycles. The Hall–Kier alpha value is -2.01. The molecular weight excluding hydrogens is 268 g/mol. The highest BCUT2D eigenvalue weighted by atomic mass is 16.4. The Labute approximate surface area is 123 Å². The van der Waals surface area contributed by atoms with Crippen molar-refractivity contribution in [2.75, 3.05) is 19.7 Å². The lowest BCUT2D eigenvalue weighted by Crippen LogP contribution is -2.31. The summed E-state index contributed by atoms with van der Waals surface area (Å²) < 4.78 is 0. The average molecular weight is 288 g/mol. The van der Waals surface area contributed by atoms with Gasteiger partial charge in [-0.15, -0.1) is 0 Å². The third-order valence-corrected chi connectivity index (χ3v) is 4.24. The van der Waals surface area contributed by atoms with Crippen LogP contribution in [-0.2, 0) is 19.3 Å². The number of nitrogens with one attached hydrogen (secondary N) is 1. The number of carboxylic acid groups (broad SMARTS) is 1. The van der Waals surface area contributed by atoms with E-state index >= 15 is 0 Å². The Morgan fingerprint density at radius 2 is 2.10 bits per heavy atom. The van der Waals surface area contributed by atoms with Gasteiger partial charge >= 0.3 is 6.09 Å². The van der Waals surface area contributed by atoms with Crippen LogP contribution in [0.25, 0.3) is 10.9 Å². The number of aromatic nitrogens is 1. The van der Waals surface area contributed by atoms with E-state index in [0.717, 1.165) is 36.9 Å². The number of hydrogen-bond donors (Lipinski definition) is 3. The number of hydrogen-bond acceptors (Lipinski definition) is 2. The Kier molecular flexibility index (Phi) is 3.84. The fraction of sp³-hybridized carbons (Fsp3) is 0.438. The molecule has 0 fully saturated rings. The molecule has 3 rings (SSSR count). The van der Waals surface area contributed by atoms with Crippen LogP contribution in [-0.4, -0.2) is 45.9 Å². The number of benzene rings is 1. The Morgan fingerprint density at radius 1 is 1.29 bits per heavy atom. The minimum Gasteiger partial charge on any atom is -0.465 e. The minimum absolute atomic E-state index is 0.190. The van der Waals surface area contributed by atoms with Gasteiger partial charge in [-0.25, -0.2) is 4.79 Å². The van der Waals surface area contributed by atoms with Crippen molar-refractivity contribution < 1.29 is 15.0 Å². The van der Waals surface area contributed by atoms with Crippen molar-refractivity contribution in [3.63, 3.8) is 0 Å². The summed E-state index contributed by atoms with van der Waals surface area (Å²) >= 11 is 0. The second-order valence-electron chi connectivity index (χ2n) is 5.52. The van der Waals surface area contributed by atoms with E-state index in [9.17, 15) is 4.79 Å². The number of fused-ring (bicyclic) bond motifs is 3. The lowest BCUT2D eigenvalue weighted by atomic mass is 9.99. The van der Waals surface area contributed by atoms with E-state index in [2.05, 4.69) is 17.1 Å². The third kappa shape index (κ3) is 2.61. The number of aliphatic hydroxyl groups is 1. The van der Waals surface area contributed by atoms with Crippen molar-refractivity contribution in [2.24, 2.45) is 0 Å². The van der Waals surface area contributed by atoms with E-state index in [1.165, 1.54) is 21.4 Å². The highest BCUT2D eigenvalue weighted by molar-refractivity contribution is 5.88. The number of aryl methyl sites for hydroxylation is 1. The van der Waals surface area contributed by atoms with Crippen LogP contribution in [0.2, 0.25) is 0 Å². The lowest BCUT2D eigenvalue weighted by molar-refractivity contribution is 0.147. The first-order valence-electron chi connectivity index (χ1n) is 7.40. The number of aliphatic hydroxyl groups excluding tert-OH is 1. The normalized spacial score (nSPS) is 15.0. The SMILES string of the molecule is O=C(O)N1CCc2[nH]c3cccc(CCCO)c3c2CC1. The third-order valence-electron chi connectivity index (χ3n) is 4.24. The van der Waals surface area contributed by atoms with Crippen molar-refractivity contribution in [1.82, 2.24) is 9.88 Å². The first kappa shape index (κ1) is 13.9. The van der Waals surface area contributed by atoms with Gasteiger partial charge in [-0.2, -0.15) is 0 Å². The largest absolute Gasteiger partial charge is 0.465 e. The Bertz CT molecular complexity index is 663. The Balaban J connectivity index is 1.99. The van der Waals surface area contributed by atoms with Crippen molar-refractivity contribution in [1.29, 1.82) is 0 Å². The number of H-pyrrole nitrogens is 1. The zero-order chi connectivity index (χ0) is 14.8. The van der Waals surface area contributed by atoms with Crippen LogP contribution in [0.3, 0.4) is 0 Å². The predicted molar refractivity (Wildman–Crippen MR) is 80.7 cm³/mol. The molecule has 3 N–H and O–H groups in total. The molecule has 21 heavy (non-hydrogen) atoms. The predicted octanol–water partition coefficient (Wildman–Crippen LogP) is 2.17. The molecule has 1 aliphatic rings. The van der Waals surface area contributed by atoms with Gasteiger partial charge in [0.15, 0.2) is 0 Å². The molecule has 2 heterocycles. The summed E-state index contributed by atoms with van der Waals surface area (Å²) in [5, 5.41) is 19.4. The van der Waals surface area contributed by atoms with Gasteiger partial charge in [0.25, 0.3) is 0 Å². The molecule has 112 valence electrons. The van der Waals surface area contributed by atoms with Crippen molar-refractivity contribution in [3.8, 4) is 0 Å². The summed E-state index contributed by atoms with van der Waals surface area (Å²) in [4.78, 5) is 16.1. The highest BCUT2D eigenvalue weighted by Gasteiger charge is 2.21. The summed E-state index contributed by atoms with van der Waals surface area (Å²) in [6.07, 6.45) is 2.24. The molecule has 0 atom stereocenters. The quantitative estimate of drug-likeness (QED) is 0.810. The molecule has 1 aliphatic heterocycles. The molecule has 0 bridgehead atoms. The average Bonchev–Trinajstić information content (AvgIpc) is 2.70. The summed E-state index contributed by atoms with van der Waals surface area (Å²) in [5.41, 5.74) is 4.77. The second-order valence-corrected chi connectivity index (χ2v) is 5.52. The summed E-state index contributed by atoms with van der Waals surface area (Å²) in [6.45, 7) is 1.28. The monoisotopic (exact) mass is 288 g/mol. The van der Waals surface area contributed by atoms with Gasteiger partial charge in [0.05, 0.1) is 0 Å². The molecule has 0 spiro atoms. The molecule has 1 aromatic carbocycles. The van der Waals surface area contributed by atoms with Crippen LogP contribution in [0.4, 0.5) is 4.79 Å². The maximum atomic E-state index is 11.1. The van der Waals surface area contributed by atoms with Crippen LogP contribution < -0.4 is 0 Å². The fourth-order valence-corrected chi connectivity index (χ4v) is 3.21. The van der Waals surface area contributed by atoms with E-state index in [0.29, 0.717) is 13.1 Å². The summed E-state index contributed by atoms with van der Waals surface area (Å²) in [7, 11) is 0. The van der Waals surface area contributed by atoms with E-state index in [-0.39, 0.29) is 6.61 Å². The first-order valence-corrected chi connectivity index (χ1v) is 7.40. The van der Waals surface area contributed by atoms with Crippen molar-refractivity contribution >= 4 is 17.0 Å². The number of amides is 1. The maximum absolute atomic E-state index is 11.1. The maximum Gasteiger partial charge on any atom is 0.407 e. The number of nitrogens with zero attached hydrogens (tertiary/aromatic N) is 1. The molecule has 0 unspecified atom stereocenters. The molecule has 2 aromatic rings. The van der Waals surface area contributed by atoms with Crippen LogP contribution in [0, 0.1) is 0 Å². The van der Waals surface area contributed by atoms with Gasteiger partial charge in [0.2, 0.25) is 0 Å². The summed E-state index contributed by atoms with van der Waals surface area (Å²) in [5.74, 6) is 0. The molecule has 5 nitrogen and oxygen atoms in total. The lowest BCUT2D eigenvalue weighted by Gasteiger charge is -2.15. The van der Waals surface area contributed by atoms with E-state index < -0.39 is 6.09 Å². The molecular formula is C16H20N2O3. The highest BCUT2D eigenvalue weighted by Crippen LogP contribution is 2.29. The van der Waals surface area contributed by atoms with Crippen molar-refractivity contribution in [3.05, 3.63) is 35.0 Å². The minimum atomic E-state index is -0.843. The van der Waals surface area contributed by atoms with E-state index in [4.69, 9.17) is 10.2 Å². The standard InChI is InChI=1S/C16H20N2O3/c19-10-2-4-11-3-1-5-14-15(11)12-6-8-18(16(20)21)9-7-13(12)17-14/h1,3,5,17,19H,2,4,6-10H2,(H,20,21). The molecule has 0 saturated carbocycles. The van der Waals surface area contributed by atoms with Crippen LogP contribution in [0.15, 0.2) is 18.2 Å². The molecule has 5 heteroatoms. The second kappa shape index (κ2) is 5.77. The van der Waals surface area contributed by atoms with Gasteiger partial charge in [0, 0.05) is 42.7 Å². The first-order chi connectivity index (χ1) is 10.2. The molecule has 1 amide bonds. The zero-order valence-corrected chi connectivity index (χ0v) is 11.9. The van der Waals surface area contributed by atoms with Gasteiger partial charge in [-0.05, 0) is 36.5 Å². The van der Waals surface area contributed by atoms with Gasteiger partial charge < -0.3 is 20.1 Å². The van der Waals surface area contributed by atoms with Crippen LogP contribution in [0.1, 0.15) is 23.2 Å². The van der Waals surface area contributed by atoms with Gasteiger partial charge in [0.1, 0.15) is 0 Å². The van der Waals surface area contributed by atoms with Gasteiger partial charge in [-0.3, -0.25) is 0 Å². The number of aromatic amines is 1. The topological polar surface area (TPSA) is 76.6 Å². The zero-order valence-electron chi connectivity index (χ0n) is 11.9. The summed E-state index contributed by atoms with van der Waals surface area (Å²) in [6, 6.07) is 6.21. The molecule has 0 aliphatic carbocycles. The number of rotatable bonds is 3. The smallest absolute Gasteiger partial charge is 0.407 e. The van der Waals surface area contributed by atoms with Gasteiger partial charge in [-0.1, -0.05) is 12.1 Å². The van der Waals surface area contributed by atoms with Crippen molar-refractivity contribution in [2.45, 2.75) is 25.7 Å². The number of carbonyl (C=O) groups is 1. The van der Waals surface area contributed by atoms with Crippen LogP contribution >= 0.6 is 0 Å².